The number of hydrogen-bond donors (Lipinski definition) is 1. The van der Waals surface area contributed by atoms with Crippen molar-refractivity contribution in [3.63, 3.8) is 0 Å². The van der Waals surface area contributed by atoms with Gasteiger partial charge in [-0.2, -0.15) is 0 Å². The molecule has 0 aliphatic heterocycles. The minimum Gasteiger partial charge on any atom is -0.346 e. The first kappa shape index (κ1) is 12.0. The first-order chi connectivity index (χ1) is 8.16. The molecule has 0 saturated carbocycles. The van der Waals surface area contributed by atoms with Crippen LogP contribution in [0.3, 0.4) is 0 Å². The van der Waals surface area contributed by atoms with Crippen LogP contribution in [0.2, 0.25) is 0 Å². The summed E-state index contributed by atoms with van der Waals surface area (Å²) in [5.41, 5.74) is 0. The van der Waals surface area contributed by atoms with Crippen LogP contribution in [0.1, 0.15) is 24.8 Å². The molecule has 2 aromatic heterocycles. The van der Waals surface area contributed by atoms with Gasteiger partial charge >= 0.3 is 0 Å². The summed E-state index contributed by atoms with van der Waals surface area (Å²) in [5, 5.41) is 5.27. The van der Waals surface area contributed by atoms with Gasteiger partial charge in [0.1, 0.15) is 0 Å². The van der Waals surface area contributed by atoms with E-state index in [1.165, 1.54) is 17.3 Å². The number of thiophene rings is 1. The molecule has 2 rings (SSSR count). The molecule has 0 saturated heterocycles. The Labute approximate surface area is 104 Å². The van der Waals surface area contributed by atoms with Crippen molar-refractivity contribution in [2.45, 2.75) is 19.9 Å². The van der Waals surface area contributed by atoms with Crippen LogP contribution in [0.5, 0.6) is 0 Å². The molecule has 2 aromatic rings. The number of halogens is 1. The predicted molar refractivity (Wildman–Crippen MR) is 67.5 cm³/mol. The third-order valence-electron chi connectivity index (χ3n) is 2.42. The number of aromatic nitrogens is 2. The van der Waals surface area contributed by atoms with Gasteiger partial charge in [0.05, 0.1) is 18.4 Å². The second-order valence-corrected chi connectivity index (χ2v) is 5.09. The van der Waals surface area contributed by atoms with E-state index in [9.17, 15) is 4.39 Å². The van der Waals surface area contributed by atoms with Crippen molar-refractivity contribution in [3.05, 3.63) is 40.6 Å². The van der Waals surface area contributed by atoms with Gasteiger partial charge in [-0.25, -0.2) is 14.4 Å². The quantitative estimate of drug-likeness (QED) is 0.904. The third-order valence-corrected chi connectivity index (χ3v) is 3.38. The van der Waals surface area contributed by atoms with Crippen LogP contribution in [0, 0.1) is 11.7 Å². The Morgan fingerprint density at radius 2 is 2.00 bits per heavy atom. The van der Waals surface area contributed by atoms with Gasteiger partial charge in [0.25, 0.3) is 0 Å². The normalized spacial score (nSPS) is 12.7. The highest BCUT2D eigenvalue weighted by Crippen LogP contribution is 2.28. The number of nitrogens with one attached hydrogen (secondary N) is 1. The van der Waals surface area contributed by atoms with Crippen molar-refractivity contribution in [1.82, 2.24) is 9.97 Å². The maximum atomic E-state index is 12.7. The number of nitrogens with zero attached hydrogens (tertiary/aromatic N) is 2. The van der Waals surface area contributed by atoms with Crippen LogP contribution in [0.15, 0.2) is 29.9 Å². The number of anilines is 1. The molecule has 5 heteroatoms. The number of hydrogen-bond acceptors (Lipinski definition) is 4. The molecule has 90 valence electrons. The minimum atomic E-state index is -0.423. The van der Waals surface area contributed by atoms with Gasteiger partial charge in [-0.1, -0.05) is 19.9 Å². The largest absolute Gasteiger partial charge is 0.346 e. The summed E-state index contributed by atoms with van der Waals surface area (Å²) in [5.74, 6) is 0.438. The van der Waals surface area contributed by atoms with Gasteiger partial charge in [0, 0.05) is 4.88 Å². The second kappa shape index (κ2) is 5.23. The molecule has 0 aromatic carbocycles. The minimum absolute atomic E-state index is 0.153. The zero-order valence-corrected chi connectivity index (χ0v) is 10.5. The molecule has 17 heavy (non-hydrogen) atoms. The van der Waals surface area contributed by atoms with Gasteiger partial charge in [0.15, 0.2) is 5.82 Å². The highest BCUT2D eigenvalue weighted by Gasteiger charge is 2.17. The Kier molecular flexibility index (Phi) is 3.68. The average molecular weight is 251 g/mol. The van der Waals surface area contributed by atoms with E-state index >= 15 is 0 Å². The van der Waals surface area contributed by atoms with E-state index in [4.69, 9.17) is 0 Å². The highest BCUT2D eigenvalue weighted by molar-refractivity contribution is 7.10. The average Bonchev–Trinajstić information content (AvgIpc) is 2.81. The lowest BCUT2D eigenvalue weighted by molar-refractivity contribution is 0.548. The summed E-state index contributed by atoms with van der Waals surface area (Å²) in [7, 11) is 0. The molecule has 0 amide bonds. The Morgan fingerprint density at radius 3 is 2.53 bits per heavy atom. The van der Waals surface area contributed by atoms with Crippen molar-refractivity contribution in [2.75, 3.05) is 5.32 Å². The molecule has 0 aliphatic carbocycles. The molecule has 0 fully saturated rings. The van der Waals surface area contributed by atoms with Gasteiger partial charge in [-0.05, 0) is 17.4 Å². The summed E-state index contributed by atoms with van der Waals surface area (Å²) in [4.78, 5) is 9.07. The van der Waals surface area contributed by atoms with E-state index in [1.807, 2.05) is 11.4 Å². The van der Waals surface area contributed by atoms with Crippen LogP contribution in [-0.4, -0.2) is 9.97 Å². The molecule has 2 heterocycles. The molecular weight excluding hydrogens is 237 g/mol. The topological polar surface area (TPSA) is 37.8 Å². The Hall–Kier alpha value is -1.49. The van der Waals surface area contributed by atoms with Crippen LogP contribution in [0.25, 0.3) is 0 Å². The fourth-order valence-corrected chi connectivity index (χ4v) is 2.51. The van der Waals surface area contributed by atoms with Crippen LogP contribution in [-0.2, 0) is 0 Å². The van der Waals surface area contributed by atoms with Gasteiger partial charge in [-0.3, -0.25) is 0 Å². The molecule has 1 atom stereocenters. The zero-order valence-electron chi connectivity index (χ0n) is 9.72. The Balaban J connectivity index is 2.16. The maximum Gasteiger partial charge on any atom is 0.223 e. The Morgan fingerprint density at radius 1 is 1.29 bits per heavy atom. The monoisotopic (exact) mass is 251 g/mol. The maximum absolute atomic E-state index is 12.7. The molecule has 1 unspecified atom stereocenters. The SMILES string of the molecule is CC(C)C(Nc1ncc(F)cn1)c1cccs1. The summed E-state index contributed by atoms with van der Waals surface area (Å²) >= 11 is 1.69. The summed E-state index contributed by atoms with van der Waals surface area (Å²) in [6.07, 6.45) is 2.34. The summed E-state index contributed by atoms with van der Waals surface area (Å²) in [6.45, 7) is 4.25. The van der Waals surface area contributed by atoms with Gasteiger partial charge < -0.3 is 5.32 Å². The number of rotatable bonds is 4. The second-order valence-electron chi connectivity index (χ2n) is 4.11. The molecular formula is C12H14FN3S. The van der Waals surface area contributed by atoms with E-state index in [0.717, 1.165) is 0 Å². The lowest BCUT2D eigenvalue weighted by atomic mass is 10.0. The molecule has 3 nitrogen and oxygen atoms in total. The van der Waals surface area contributed by atoms with E-state index in [2.05, 4.69) is 35.2 Å². The first-order valence-corrected chi connectivity index (χ1v) is 6.32. The van der Waals surface area contributed by atoms with Crippen molar-refractivity contribution >= 4 is 17.3 Å². The fraction of sp³-hybridized carbons (Fsp3) is 0.333. The fourth-order valence-electron chi connectivity index (χ4n) is 1.56. The summed E-state index contributed by atoms with van der Waals surface area (Å²) in [6, 6.07) is 4.24. The molecule has 1 N–H and O–H groups in total. The van der Waals surface area contributed by atoms with Crippen molar-refractivity contribution < 1.29 is 4.39 Å². The van der Waals surface area contributed by atoms with E-state index in [-0.39, 0.29) is 6.04 Å². The van der Waals surface area contributed by atoms with Crippen LogP contribution in [0.4, 0.5) is 10.3 Å². The standard InChI is InChI=1S/C12H14FN3S/c1-8(2)11(10-4-3-5-17-10)16-12-14-6-9(13)7-15-12/h3-8,11H,1-2H3,(H,14,15,16). The molecule has 0 bridgehead atoms. The van der Waals surface area contributed by atoms with Crippen LogP contribution < -0.4 is 5.32 Å². The van der Waals surface area contributed by atoms with E-state index in [1.54, 1.807) is 11.3 Å². The highest BCUT2D eigenvalue weighted by atomic mass is 32.1. The summed E-state index contributed by atoms with van der Waals surface area (Å²) < 4.78 is 12.7. The molecule has 0 spiro atoms. The zero-order chi connectivity index (χ0) is 12.3. The Bertz CT molecular complexity index is 453. The molecule has 0 aliphatic rings. The van der Waals surface area contributed by atoms with Crippen molar-refractivity contribution in [2.24, 2.45) is 5.92 Å². The third kappa shape index (κ3) is 3.00. The van der Waals surface area contributed by atoms with E-state index in [0.29, 0.717) is 11.9 Å². The van der Waals surface area contributed by atoms with Gasteiger partial charge in [-0.15, -0.1) is 11.3 Å². The van der Waals surface area contributed by atoms with Crippen LogP contribution >= 0.6 is 11.3 Å². The predicted octanol–water partition coefficient (Wildman–Crippen LogP) is 3.49. The molecule has 0 radical (unpaired) electrons. The smallest absolute Gasteiger partial charge is 0.223 e. The lowest BCUT2D eigenvalue weighted by Crippen LogP contribution is -2.17. The van der Waals surface area contributed by atoms with Crippen molar-refractivity contribution in [1.29, 1.82) is 0 Å². The first-order valence-electron chi connectivity index (χ1n) is 5.44. The van der Waals surface area contributed by atoms with E-state index < -0.39 is 5.82 Å². The van der Waals surface area contributed by atoms with Crippen molar-refractivity contribution in [3.8, 4) is 0 Å². The lowest BCUT2D eigenvalue weighted by Gasteiger charge is -2.20. The van der Waals surface area contributed by atoms with Gasteiger partial charge in [0.2, 0.25) is 5.95 Å².